The summed E-state index contributed by atoms with van der Waals surface area (Å²) >= 11 is 0. The van der Waals surface area contributed by atoms with Crippen LogP contribution in [0.25, 0.3) is 11.4 Å². The fourth-order valence-corrected chi connectivity index (χ4v) is 3.03. The van der Waals surface area contributed by atoms with Crippen LogP contribution in [0, 0.1) is 34.9 Å². The highest BCUT2D eigenvalue weighted by molar-refractivity contribution is 6.30. The second-order valence-electron chi connectivity index (χ2n) is 5.86. The first-order valence-corrected chi connectivity index (χ1v) is 7.61. The Morgan fingerprint density at radius 2 is 1.00 bits per heavy atom. The second-order valence-corrected chi connectivity index (χ2v) is 5.86. The number of benzene rings is 2. The number of rotatable bonds is 2. The SMILES string of the molecule is O=C1NC(c2c(F)c(F)c(F)c(F)c2F)=C2C(=O)NC(c3ccc(F)cc3)=C12. The van der Waals surface area contributed by atoms with Crippen LogP contribution in [0.4, 0.5) is 26.3 Å². The smallest absolute Gasteiger partial charge is 0.258 e. The maximum atomic E-state index is 14.1. The molecular formula is C18H6F6N2O2. The van der Waals surface area contributed by atoms with Crippen molar-refractivity contribution in [2.45, 2.75) is 0 Å². The molecule has 0 aromatic heterocycles. The van der Waals surface area contributed by atoms with Gasteiger partial charge in [0.1, 0.15) is 5.82 Å². The number of amides is 2. The van der Waals surface area contributed by atoms with Gasteiger partial charge in [-0.3, -0.25) is 9.59 Å². The van der Waals surface area contributed by atoms with Gasteiger partial charge in [-0.15, -0.1) is 0 Å². The quantitative estimate of drug-likeness (QED) is 0.466. The molecule has 142 valence electrons. The van der Waals surface area contributed by atoms with E-state index >= 15 is 0 Å². The van der Waals surface area contributed by atoms with Crippen LogP contribution in [-0.2, 0) is 9.59 Å². The lowest BCUT2D eigenvalue weighted by Crippen LogP contribution is -2.23. The van der Waals surface area contributed by atoms with Crippen LogP contribution in [0.5, 0.6) is 0 Å². The number of carbonyl (C=O) groups is 2. The molecule has 0 fully saturated rings. The van der Waals surface area contributed by atoms with Gasteiger partial charge in [0.05, 0.1) is 28.1 Å². The number of halogens is 6. The van der Waals surface area contributed by atoms with E-state index in [0.29, 0.717) is 0 Å². The standard InChI is InChI=1S/C18H6F6N2O2/c19-6-3-1-5(2-4-6)15-7-8(18(28)25-15)16(26-17(7)27)9-10(20)12(22)14(24)13(23)11(9)21/h1-4H,(H,25,28)(H,26,27). The van der Waals surface area contributed by atoms with Crippen molar-refractivity contribution in [2.24, 2.45) is 0 Å². The minimum Gasteiger partial charge on any atom is -0.321 e. The molecule has 0 saturated heterocycles. The Labute approximate surface area is 152 Å². The molecule has 4 nitrogen and oxygen atoms in total. The number of hydrogen-bond acceptors (Lipinski definition) is 2. The fraction of sp³-hybridized carbons (Fsp3) is 0. The summed E-state index contributed by atoms with van der Waals surface area (Å²) < 4.78 is 81.7. The molecule has 0 radical (unpaired) electrons. The van der Waals surface area contributed by atoms with E-state index in [4.69, 9.17) is 0 Å². The topological polar surface area (TPSA) is 58.2 Å². The largest absolute Gasteiger partial charge is 0.321 e. The van der Waals surface area contributed by atoms with Gasteiger partial charge >= 0.3 is 0 Å². The maximum absolute atomic E-state index is 14.1. The van der Waals surface area contributed by atoms with Crippen molar-refractivity contribution in [1.29, 1.82) is 0 Å². The van der Waals surface area contributed by atoms with E-state index in [1.165, 1.54) is 12.1 Å². The van der Waals surface area contributed by atoms with Crippen LogP contribution in [0.15, 0.2) is 35.4 Å². The first-order chi connectivity index (χ1) is 13.2. The van der Waals surface area contributed by atoms with Gasteiger partial charge < -0.3 is 10.6 Å². The summed E-state index contributed by atoms with van der Waals surface area (Å²) in [4.78, 5) is 24.6. The molecule has 0 atom stereocenters. The Bertz CT molecular complexity index is 1120. The van der Waals surface area contributed by atoms with Gasteiger partial charge in [-0.25, -0.2) is 26.3 Å². The maximum Gasteiger partial charge on any atom is 0.258 e. The molecule has 2 aliphatic heterocycles. The molecule has 0 bridgehead atoms. The van der Waals surface area contributed by atoms with Crippen LogP contribution >= 0.6 is 0 Å². The summed E-state index contributed by atoms with van der Waals surface area (Å²) in [5.74, 6) is -13.8. The predicted octanol–water partition coefficient (Wildman–Crippen LogP) is 2.90. The van der Waals surface area contributed by atoms with Gasteiger partial charge in [-0.2, -0.15) is 0 Å². The van der Waals surface area contributed by atoms with E-state index in [2.05, 4.69) is 5.32 Å². The molecule has 2 amide bonds. The van der Waals surface area contributed by atoms with E-state index in [9.17, 15) is 35.9 Å². The number of hydrogen-bond donors (Lipinski definition) is 2. The molecular weight excluding hydrogens is 390 g/mol. The summed E-state index contributed by atoms with van der Waals surface area (Å²) in [5, 5.41) is 4.28. The number of fused-ring (bicyclic) bond motifs is 1. The number of nitrogens with one attached hydrogen (secondary N) is 2. The average Bonchev–Trinajstić information content (AvgIpc) is 3.18. The van der Waals surface area contributed by atoms with Gasteiger partial charge in [0.25, 0.3) is 11.8 Å². The lowest BCUT2D eigenvalue weighted by atomic mass is 10.0. The van der Waals surface area contributed by atoms with Gasteiger partial charge in [-0.1, -0.05) is 0 Å². The van der Waals surface area contributed by atoms with Crippen LogP contribution in [0.3, 0.4) is 0 Å². The van der Waals surface area contributed by atoms with Crippen LogP contribution in [-0.4, -0.2) is 11.8 Å². The second kappa shape index (κ2) is 5.98. The summed E-state index contributed by atoms with van der Waals surface area (Å²) in [7, 11) is 0. The zero-order chi connectivity index (χ0) is 20.3. The highest BCUT2D eigenvalue weighted by atomic mass is 19.2. The summed E-state index contributed by atoms with van der Waals surface area (Å²) in [5.41, 5.74) is -3.08. The molecule has 0 unspecified atom stereocenters. The zero-order valence-corrected chi connectivity index (χ0v) is 13.4. The molecule has 0 saturated carbocycles. The van der Waals surface area contributed by atoms with E-state index in [0.717, 1.165) is 12.1 Å². The zero-order valence-electron chi connectivity index (χ0n) is 13.4. The fourth-order valence-electron chi connectivity index (χ4n) is 3.03. The third-order valence-electron chi connectivity index (χ3n) is 4.27. The highest BCUT2D eigenvalue weighted by Gasteiger charge is 2.43. The summed E-state index contributed by atoms with van der Waals surface area (Å²) in [6, 6.07) is 4.58. The van der Waals surface area contributed by atoms with Crippen LogP contribution in [0.1, 0.15) is 11.1 Å². The van der Waals surface area contributed by atoms with Gasteiger partial charge in [0.2, 0.25) is 5.82 Å². The Balaban J connectivity index is 1.99. The van der Waals surface area contributed by atoms with Crippen molar-refractivity contribution >= 4 is 23.2 Å². The number of carbonyl (C=O) groups excluding carboxylic acids is 2. The average molecular weight is 396 g/mol. The van der Waals surface area contributed by atoms with E-state index < -0.39 is 63.6 Å². The Morgan fingerprint density at radius 1 is 0.571 bits per heavy atom. The van der Waals surface area contributed by atoms with Gasteiger partial charge in [0, 0.05) is 0 Å². The molecule has 0 spiro atoms. The van der Waals surface area contributed by atoms with Crippen molar-refractivity contribution in [3.63, 3.8) is 0 Å². The highest BCUT2D eigenvalue weighted by Crippen LogP contribution is 2.39. The van der Waals surface area contributed by atoms with Crippen molar-refractivity contribution in [3.8, 4) is 0 Å². The minimum atomic E-state index is -2.37. The van der Waals surface area contributed by atoms with Gasteiger partial charge in [0.15, 0.2) is 23.3 Å². The van der Waals surface area contributed by atoms with Crippen LogP contribution < -0.4 is 10.6 Å². The third kappa shape index (κ3) is 2.34. The molecule has 2 aromatic carbocycles. The molecule has 10 heteroatoms. The molecule has 2 aliphatic rings. The summed E-state index contributed by atoms with van der Waals surface area (Å²) in [6.07, 6.45) is 0. The van der Waals surface area contributed by atoms with E-state index in [-0.39, 0.29) is 16.8 Å². The molecule has 28 heavy (non-hydrogen) atoms. The lowest BCUT2D eigenvalue weighted by Gasteiger charge is -2.10. The normalized spacial score (nSPS) is 15.9. The molecule has 4 rings (SSSR count). The van der Waals surface area contributed by atoms with E-state index in [1.54, 1.807) is 0 Å². The molecule has 2 aromatic rings. The third-order valence-corrected chi connectivity index (χ3v) is 4.27. The van der Waals surface area contributed by atoms with E-state index in [1.807, 2.05) is 5.32 Å². The first kappa shape index (κ1) is 17.8. The monoisotopic (exact) mass is 396 g/mol. The van der Waals surface area contributed by atoms with Crippen LogP contribution in [0.2, 0.25) is 0 Å². The molecule has 2 N–H and O–H groups in total. The van der Waals surface area contributed by atoms with Crippen molar-refractivity contribution < 1.29 is 35.9 Å². The minimum absolute atomic E-state index is 0.0867. The predicted molar refractivity (Wildman–Crippen MR) is 82.8 cm³/mol. The first-order valence-electron chi connectivity index (χ1n) is 7.61. The Kier molecular flexibility index (Phi) is 3.81. The lowest BCUT2D eigenvalue weighted by molar-refractivity contribution is -0.117. The Morgan fingerprint density at radius 3 is 1.54 bits per heavy atom. The van der Waals surface area contributed by atoms with Gasteiger partial charge in [-0.05, 0) is 29.8 Å². The van der Waals surface area contributed by atoms with Crippen molar-refractivity contribution in [3.05, 3.63) is 81.4 Å². The molecule has 2 heterocycles. The van der Waals surface area contributed by atoms with Crippen molar-refractivity contribution in [1.82, 2.24) is 10.6 Å². The Hall–Kier alpha value is -3.56. The summed E-state index contributed by atoms with van der Waals surface area (Å²) in [6.45, 7) is 0. The molecule has 0 aliphatic carbocycles. The van der Waals surface area contributed by atoms with Crippen molar-refractivity contribution in [2.75, 3.05) is 0 Å².